The van der Waals surface area contributed by atoms with Crippen molar-refractivity contribution in [3.8, 4) is 0 Å². The van der Waals surface area contributed by atoms with Crippen molar-refractivity contribution < 1.29 is 9.59 Å². The molecule has 2 aromatic carbocycles. The van der Waals surface area contributed by atoms with E-state index in [0.717, 1.165) is 35.0 Å². The van der Waals surface area contributed by atoms with Gasteiger partial charge in [-0.2, -0.15) is 0 Å². The Morgan fingerprint density at radius 2 is 1.90 bits per heavy atom. The number of rotatable bonds is 5. The SMILES string of the molecule is CCn1c(=O)cc(C2CC2)c2cc(N(C)C(=O)c3cccc(NC(C)=O)c3)ccc21. The summed E-state index contributed by atoms with van der Waals surface area (Å²) in [5.74, 6) is 0.0766. The Morgan fingerprint density at radius 3 is 2.57 bits per heavy atom. The highest BCUT2D eigenvalue weighted by molar-refractivity contribution is 6.07. The predicted molar refractivity (Wildman–Crippen MR) is 119 cm³/mol. The molecule has 6 nitrogen and oxygen atoms in total. The first-order valence-corrected chi connectivity index (χ1v) is 10.2. The third kappa shape index (κ3) is 3.73. The van der Waals surface area contributed by atoms with Crippen molar-refractivity contribution in [2.75, 3.05) is 17.3 Å². The van der Waals surface area contributed by atoms with Crippen LogP contribution in [0.5, 0.6) is 0 Å². The molecular weight excluding hydrogens is 378 g/mol. The number of nitrogens with zero attached hydrogens (tertiary/aromatic N) is 2. The number of aryl methyl sites for hydroxylation is 1. The summed E-state index contributed by atoms with van der Waals surface area (Å²) in [4.78, 5) is 38.5. The Labute approximate surface area is 175 Å². The summed E-state index contributed by atoms with van der Waals surface area (Å²) in [7, 11) is 1.74. The van der Waals surface area contributed by atoms with Gasteiger partial charge >= 0.3 is 0 Å². The van der Waals surface area contributed by atoms with Crippen LogP contribution in [-0.4, -0.2) is 23.4 Å². The van der Waals surface area contributed by atoms with Crippen molar-refractivity contribution in [1.82, 2.24) is 4.57 Å². The van der Waals surface area contributed by atoms with Crippen molar-refractivity contribution in [2.45, 2.75) is 39.2 Å². The molecule has 1 N–H and O–H groups in total. The molecule has 1 aliphatic rings. The van der Waals surface area contributed by atoms with Gasteiger partial charge in [-0.15, -0.1) is 0 Å². The lowest BCUT2D eigenvalue weighted by Gasteiger charge is -2.20. The zero-order valence-electron chi connectivity index (χ0n) is 17.4. The van der Waals surface area contributed by atoms with Crippen LogP contribution in [0, 0.1) is 0 Å². The number of nitrogens with one attached hydrogen (secondary N) is 1. The number of benzene rings is 2. The third-order valence-electron chi connectivity index (χ3n) is 5.58. The Bertz CT molecular complexity index is 1210. The minimum absolute atomic E-state index is 0.0267. The van der Waals surface area contributed by atoms with Crippen LogP contribution >= 0.6 is 0 Å². The standard InChI is InChI=1S/C24H25N3O3/c1-4-27-22-11-10-19(13-21(22)20(14-23(27)29)16-8-9-16)26(3)24(30)17-6-5-7-18(12-17)25-15(2)28/h5-7,10-14,16H,4,8-9H2,1-3H3,(H,25,28). The summed E-state index contributed by atoms with van der Waals surface area (Å²) < 4.78 is 1.77. The number of amides is 2. The molecule has 1 saturated carbocycles. The van der Waals surface area contributed by atoms with E-state index in [0.29, 0.717) is 23.7 Å². The summed E-state index contributed by atoms with van der Waals surface area (Å²) in [6.07, 6.45) is 2.19. The Morgan fingerprint density at radius 1 is 1.13 bits per heavy atom. The molecule has 30 heavy (non-hydrogen) atoms. The summed E-state index contributed by atoms with van der Waals surface area (Å²) >= 11 is 0. The van der Waals surface area contributed by atoms with Crippen LogP contribution in [0.1, 0.15) is 48.5 Å². The van der Waals surface area contributed by atoms with E-state index in [4.69, 9.17) is 0 Å². The molecule has 6 heteroatoms. The van der Waals surface area contributed by atoms with Crippen LogP contribution in [0.4, 0.5) is 11.4 Å². The lowest BCUT2D eigenvalue weighted by molar-refractivity contribution is -0.114. The molecule has 4 rings (SSSR count). The van der Waals surface area contributed by atoms with E-state index in [2.05, 4.69) is 5.32 Å². The van der Waals surface area contributed by atoms with Crippen molar-refractivity contribution >= 4 is 34.1 Å². The van der Waals surface area contributed by atoms with Crippen molar-refractivity contribution in [3.05, 3.63) is 70.0 Å². The van der Waals surface area contributed by atoms with Gasteiger partial charge < -0.3 is 14.8 Å². The maximum atomic E-state index is 13.1. The summed E-state index contributed by atoms with van der Waals surface area (Å²) in [6, 6.07) is 14.5. The molecule has 1 aliphatic carbocycles. The highest BCUT2D eigenvalue weighted by Crippen LogP contribution is 2.43. The van der Waals surface area contributed by atoms with Gasteiger partial charge in [0.15, 0.2) is 0 Å². The first-order valence-electron chi connectivity index (χ1n) is 10.2. The van der Waals surface area contributed by atoms with Crippen molar-refractivity contribution in [3.63, 3.8) is 0 Å². The number of hydrogen-bond donors (Lipinski definition) is 1. The quantitative estimate of drug-likeness (QED) is 0.696. The van der Waals surface area contributed by atoms with Crippen molar-refractivity contribution in [2.24, 2.45) is 0 Å². The average Bonchev–Trinajstić information content (AvgIpc) is 3.57. The molecule has 154 valence electrons. The minimum atomic E-state index is -0.183. The fraction of sp³-hybridized carbons (Fsp3) is 0.292. The lowest BCUT2D eigenvalue weighted by Crippen LogP contribution is -2.26. The van der Waals surface area contributed by atoms with E-state index in [-0.39, 0.29) is 17.4 Å². The molecule has 0 radical (unpaired) electrons. The largest absolute Gasteiger partial charge is 0.326 e. The van der Waals surface area contributed by atoms with Gasteiger partial charge in [0.1, 0.15) is 0 Å². The van der Waals surface area contributed by atoms with E-state index in [1.54, 1.807) is 46.8 Å². The van der Waals surface area contributed by atoms with Gasteiger partial charge in [0.05, 0.1) is 5.52 Å². The first kappa shape index (κ1) is 19.9. The molecule has 3 aromatic rings. The normalized spacial score (nSPS) is 13.3. The minimum Gasteiger partial charge on any atom is -0.326 e. The Hall–Kier alpha value is -3.41. The van der Waals surface area contributed by atoms with E-state index < -0.39 is 0 Å². The highest BCUT2D eigenvalue weighted by Gasteiger charge is 2.27. The Kier molecular flexibility index (Phi) is 5.16. The number of anilines is 2. The van der Waals surface area contributed by atoms with Gasteiger partial charge in [-0.3, -0.25) is 14.4 Å². The fourth-order valence-corrected chi connectivity index (χ4v) is 3.91. The van der Waals surface area contributed by atoms with Crippen molar-refractivity contribution in [1.29, 1.82) is 0 Å². The number of carbonyl (C=O) groups is 2. The van der Waals surface area contributed by atoms with E-state index in [9.17, 15) is 14.4 Å². The maximum absolute atomic E-state index is 13.1. The van der Waals surface area contributed by atoms with Gasteiger partial charge in [0.25, 0.3) is 11.5 Å². The molecule has 1 aromatic heterocycles. The van der Waals surface area contributed by atoms with Crippen LogP contribution in [0.3, 0.4) is 0 Å². The van der Waals surface area contributed by atoms with Crippen LogP contribution in [-0.2, 0) is 11.3 Å². The molecule has 0 saturated heterocycles. The number of carbonyl (C=O) groups excluding carboxylic acids is 2. The van der Waals surface area contributed by atoms with Gasteiger partial charge in [-0.1, -0.05) is 6.07 Å². The molecular formula is C24H25N3O3. The highest BCUT2D eigenvalue weighted by atomic mass is 16.2. The first-order chi connectivity index (χ1) is 14.4. The van der Waals surface area contributed by atoms with E-state index in [1.807, 2.05) is 25.1 Å². The predicted octanol–water partition coefficient (Wildman–Crippen LogP) is 4.13. The zero-order valence-corrected chi connectivity index (χ0v) is 17.4. The number of fused-ring (bicyclic) bond motifs is 1. The molecule has 2 amide bonds. The summed E-state index contributed by atoms with van der Waals surface area (Å²) in [6.45, 7) is 4.00. The van der Waals surface area contributed by atoms with Gasteiger partial charge in [-0.25, -0.2) is 0 Å². The number of hydrogen-bond acceptors (Lipinski definition) is 3. The summed E-state index contributed by atoms with van der Waals surface area (Å²) in [5.41, 5.74) is 3.85. The van der Waals surface area contributed by atoms with Crippen LogP contribution in [0.15, 0.2) is 53.3 Å². The fourth-order valence-electron chi connectivity index (χ4n) is 3.91. The molecule has 0 unspecified atom stereocenters. The number of pyridine rings is 1. The molecule has 1 fully saturated rings. The maximum Gasteiger partial charge on any atom is 0.258 e. The van der Waals surface area contributed by atoms with E-state index >= 15 is 0 Å². The second-order valence-corrected chi connectivity index (χ2v) is 7.78. The Balaban J connectivity index is 1.73. The van der Waals surface area contributed by atoms with Crippen LogP contribution < -0.4 is 15.8 Å². The van der Waals surface area contributed by atoms with Crippen LogP contribution in [0.25, 0.3) is 10.9 Å². The summed E-state index contributed by atoms with van der Waals surface area (Å²) in [5, 5.41) is 3.74. The third-order valence-corrected chi connectivity index (χ3v) is 5.58. The average molecular weight is 403 g/mol. The van der Waals surface area contributed by atoms with Gasteiger partial charge in [0, 0.05) is 48.9 Å². The monoisotopic (exact) mass is 403 g/mol. The second kappa shape index (κ2) is 7.78. The zero-order chi connectivity index (χ0) is 21.4. The molecule has 0 bridgehead atoms. The van der Waals surface area contributed by atoms with Gasteiger partial charge in [-0.05, 0) is 67.6 Å². The molecule has 0 atom stereocenters. The molecule has 1 heterocycles. The molecule has 0 aliphatic heterocycles. The van der Waals surface area contributed by atoms with Gasteiger partial charge in [0.2, 0.25) is 5.91 Å². The van der Waals surface area contributed by atoms with E-state index in [1.165, 1.54) is 6.92 Å². The number of aromatic nitrogens is 1. The smallest absolute Gasteiger partial charge is 0.258 e. The second-order valence-electron chi connectivity index (χ2n) is 7.78. The van der Waals surface area contributed by atoms with Crippen LogP contribution in [0.2, 0.25) is 0 Å². The molecule has 0 spiro atoms. The lowest BCUT2D eigenvalue weighted by atomic mass is 10.0. The topological polar surface area (TPSA) is 71.4 Å².